The number of aliphatic hydroxyl groups excluding tert-OH is 3. The largest absolute Gasteiger partial charge is 0.477 e. The summed E-state index contributed by atoms with van der Waals surface area (Å²) >= 11 is 3.91. The number of aliphatic carboxylic acids is 1. The highest BCUT2D eigenvalue weighted by Crippen LogP contribution is 2.32. The second-order valence-corrected chi connectivity index (χ2v) is 4.35. The number of aliphatic hydroxyl groups is 4. The lowest BCUT2D eigenvalue weighted by molar-refractivity contribution is -0.287. The molecule has 1 aliphatic rings. The van der Waals surface area contributed by atoms with Gasteiger partial charge in [-0.05, 0) is 0 Å². The summed E-state index contributed by atoms with van der Waals surface area (Å²) in [6, 6.07) is 0. The van der Waals surface area contributed by atoms with Crippen molar-refractivity contribution in [2.45, 2.75) is 35.8 Å². The molecule has 0 aromatic carbocycles. The maximum absolute atomic E-state index is 10.8. The Morgan fingerprint density at radius 2 is 2.19 bits per heavy atom. The highest BCUT2D eigenvalue weighted by molar-refractivity contribution is 7.81. The normalized spacial score (nSPS) is 41.7. The number of thiol groups is 1. The van der Waals surface area contributed by atoms with E-state index in [0.29, 0.717) is 0 Å². The van der Waals surface area contributed by atoms with Crippen LogP contribution in [0.1, 0.15) is 6.42 Å². The minimum absolute atomic E-state index is 0.415. The third-order valence-electron chi connectivity index (χ3n) is 2.45. The highest BCUT2D eigenvalue weighted by atomic mass is 32.1. The Morgan fingerprint density at radius 3 is 2.62 bits per heavy atom. The van der Waals surface area contributed by atoms with Gasteiger partial charge in [0.1, 0.15) is 12.2 Å². The minimum Gasteiger partial charge on any atom is -0.477 e. The van der Waals surface area contributed by atoms with Crippen LogP contribution in [0, 0.1) is 0 Å². The number of carboxylic acids is 1. The summed E-state index contributed by atoms with van der Waals surface area (Å²) in [6.45, 7) is -0.724. The van der Waals surface area contributed by atoms with Gasteiger partial charge in [0.2, 0.25) is 0 Å². The zero-order valence-corrected chi connectivity index (χ0v) is 9.12. The number of carboxylic acid groups (broad SMARTS) is 1. The average molecular weight is 254 g/mol. The van der Waals surface area contributed by atoms with Crippen molar-refractivity contribution in [3.8, 4) is 0 Å². The van der Waals surface area contributed by atoms with E-state index in [4.69, 9.17) is 14.9 Å². The van der Waals surface area contributed by atoms with Gasteiger partial charge in [-0.2, -0.15) is 12.6 Å². The van der Waals surface area contributed by atoms with Crippen molar-refractivity contribution >= 4 is 18.6 Å². The van der Waals surface area contributed by atoms with Gasteiger partial charge in [-0.1, -0.05) is 0 Å². The number of hydrogen-bond acceptors (Lipinski definition) is 7. The van der Waals surface area contributed by atoms with Crippen molar-refractivity contribution in [3.05, 3.63) is 0 Å². The van der Waals surface area contributed by atoms with Crippen LogP contribution in [0.3, 0.4) is 0 Å². The van der Waals surface area contributed by atoms with E-state index in [1.807, 2.05) is 0 Å². The van der Waals surface area contributed by atoms with Crippen molar-refractivity contribution in [2.75, 3.05) is 6.61 Å². The lowest BCUT2D eigenvalue weighted by Gasteiger charge is -2.41. The van der Waals surface area contributed by atoms with E-state index in [9.17, 15) is 20.1 Å². The molecule has 0 aliphatic carbocycles. The molecule has 0 bridgehead atoms. The van der Waals surface area contributed by atoms with Gasteiger partial charge < -0.3 is 30.3 Å². The number of carbonyl (C=O) groups is 1. The molecule has 0 unspecified atom stereocenters. The molecule has 0 amide bonds. The molecule has 16 heavy (non-hydrogen) atoms. The van der Waals surface area contributed by atoms with Crippen LogP contribution in [-0.2, 0) is 9.53 Å². The third kappa shape index (κ3) is 2.47. The summed E-state index contributed by atoms with van der Waals surface area (Å²) in [6.07, 6.45) is -4.58. The fraction of sp³-hybridized carbons (Fsp3) is 0.875. The van der Waals surface area contributed by atoms with Gasteiger partial charge in [0.25, 0.3) is 5.79 Å². The van der Waals surface area contributed by atoms with Gasteiger partial charge in [-0.3, -0.25) is 0 Å². The summed E-state index contributed by atoms with van der Waals surface area (Å²) < 4.78 is 4.72. The summed E-state index contributed by atoms with van der Waals surface area (Å²) in [5.41, 5.74) is 0. The van der Waals surface area contributed by atoms with E-state index in [1.165, 1.54) is 0 Å². The van der Waals surface area contributed by atoms with Crippen molar-refractivity contribution in [3.63, 3.8) is 0 Å². The molecule has 5 N–H and O–H groups in total. The van der Waals surface area contributed by atoms with Gasteiger partial charge in [-0.25, -0.2) is 4.79 Å². The maximum Gasteiger partial charge on any atom is 0.364 e. The van der Waals surface area contributed by atoms with E-state index in [2.05, 4.69) is 12.6 Å². The Labute approximate surface area is 96.7 Å². The Kier molecular flexibility index (Phi) is 4.16. The van der Waals surface area contributed by atoms with Gasteiger partial charge in [-0.15, -0.1) is 0 Å². The molecule has 0 spiro atoms. The second-order valence-electron chi connectivity index (χ2n) is 3.68. The standard InChI is InChI=1S/C8H14O7S/c9-2-3(10)6-5(11)4(16)1-8(14,15-6)7(12)13/h3-6,9-11,14,16H,1-2H2,(H,12,13)/t3-,4-,5-,6-,8+/m1/s1. The van der Waals surface area contributed by atoms with E-state index in [1.54, 1.807) is 0 Å². The summed E-state index contributed by atoms with van der Waals surface area (Å²) in [5, 5.41) is 45.0. The summed E-state index contributed by atoms with van der Waals surface area (Å²) in [4.78, 5) is 10.8. The van der Waals surface area contributed by atoms with Crippen LogP contribution in [0.5, 0.6) is 0 Å². The first kappa shape index (κ1) is 13.7. The van der Waals surface area contributed by atoms with Crippen LogP contribution in [0.15, 0.2) is 0 Å². The highest BCUT2D eigenvalue weighted by Gasteiger charge is 2.51. The maximum atomic E-state index is 10.8. The molecule has 0 radical (unpaired) electrons. The van der Waals surface area contributed by atoms with Crippen molar-refractivity contribution in [1.82, 2.24) is 0 Å². The lowest BCUT2D eigenvalue weighted by Crippen LogP contribution is -2.60. The smallest absolute Gasteiger partial charge is 0.364 e. The van der Waals surface area contributed by atoms with Crippen molar-refractivity contribution in [1.29, 1.82) is 0 Å². The summed E-state index contributed by atoms with van der Waals surface area (Å²) in [7, 11) is 0. The van der Waals surface area contributed by atoms with E-state index >= 15 is 0 Å². The molecule has 1 rings (SSSR count). The molecule has 0 aromatic rings. The molecule has 94 valence electrons. The minimum atomic E-state index is -2.51. The Morgan fingerprint density at radius 1 is 1.62 bits per heavy atom. The van der Waals surface area contributed by atoms with Crippen LogP contribution < -0.4 is 0 Å². The molecular weight excluding hydrogens is 240 g/mol. The molecule has 8 heteroatoms. The van der Waals surface area contributed by atoms with Gasteiger partial charge in [0.05, 0.1) is 12.7 Å². The molecule has 1 heterocycles. The molecule has 0 saturated carbocycles. The van der Waals surface area contributed by atoms with Crippen LogP contribution >= 0.6 is 12.6 Å². The van der Waals surface area contributed by atoms with E-state index in [-0.39, 0.29) is 0 Å². The lowest BCUT2D eigenvalue weighted by atomic mass is 9.95. The monoisotopic (exact) mass is 254 g/mol. The molecule has 7 nitrogen and oxygen atoms in total. The quantitative estimate of drug-likeness (QED) is 0.309. The van der Waals surface area contributed by atoms with E-state index in [0.717, 1.165) is 0 Å². The third-order valence-corrected chi connectivity index (χ3v) is 2.94. The first-order valence-electron chi connectivity index (χ1n) is 4.60. The van der Waals surface area contributed by atoms with Crippen LogP contribution in [-0.4, -0.2) is 67.5 Å². The Hall–Kier alpha value is -0.380. The first-order valence-corrected chi connectivity index (χ1v) is 5.12. The number of rotatable bonds is 3. The number of hydrogen-bond donors (Lipinski definition) is 6. The van der Waals surface area contributed by atoms with Crippen molar-refractivity contribution < 1.29 is 35.1 Å². The summed E-state index contributed by atoms with van der Waals surface area (Å²) in [5.74, 6) is -4.14. The molecule has 5 atom stereocenters. The molecule has 1 fully saturated rings. The van der Waals surface area contributed by atoms with E-state index < -0.39 is 48.3 Å². The average Bonchev–Trinajstić information content (AvgIpc) is 2.22. The molecule has 1 aliphatic heterocycles. The fourth-order valence-electron chi connectivity index (χ4n) is 1.51. The van der Waals surface area contributed by atoms with Crippen LogP contribution in [0.4, 0.5) is 0 Å². The molecule has 0 aromatic heterocycles. The molecular formula is C8H14O7S. The van der Waals surface area contributed by atoms with Crippen LogP contribution in [0.25, 0.3) is 0 Å². The topological polar surface area (TPSA) is 127 Å². The molecule has 1 saturated heterocycles. The zero-order valence-electron chi connectivity index (χ0n) is 8.22. The zero-order chi connectivity index (χ0) is 12.5. The predicted octanol–water partition coefficient (Wildman–Crippen LogP) is -2.44. The van der Waals surface area contributed by atoms with Crippen molar-refractivity contribution in [2.24, 2.45) is 0 Å². The second kappa shape index (κ2) is 4.86. The van der Waals surface area contributed by atoms with Gasteiger partial charge in [0.15, 0.2) is 0 Å². The fourth-order valence-corrected chi connectivity index (χ4v) is 1.93. The van der Waals surface area contributed by atoms with Gasteiger partial charge in [0, 0.05) is 11.7 Å². The Bertz CT molecular complexity index is 273. The SMILES string of the molecule is O=C(O)[C@]1(O)C[C@@H](S)[C@@H](O)[C@@H]([C@H](O)CO)O1. The first-order chi connectivity index (χ1) is 7.31. The van der Waals surface area contributed by atoms with Gasteiger partial charge >= 0.3 is 5.97 Å². The predicted molar refractivity (Wildman–Crippen MR) is 53.9 cm³/mol. The Balaban J connectivity index is 2.89. The van der Waals surface area contributed by atoms with Crippen LogP contribution in [0.2, 0.25) is 0 Å². The number of ether oxygens (including phenoxy) is 1.